The third-order valence-corrected chi connectivity index (χ3v) is 2.39. The predicted octanol–water partition coefficient (Wildman–Crippen LogP) is 2.98. The summed E-state index contributed by atoms with van der Waals surface area (Å²) in [4.78, 5) is 0. The third kappa shape index (κ3) is 2.16. The smallest absolute Gasteiger partial charge is 0.141 e. The van der Waals surface area contributed by atoms with Gasteiger partial charge in [0, 0.05) is 11.6 Å². The average molecular weight is 218 g/mol. The van der Waals surface area contributed by atoms with Crippen molar-refractivity contribution in [3.63, 3.8) is 0 Å². The minimum absolute atomic E-state index is 0.111. The van der Waals surface area contributed by atoms with E-state index >= 15 is 0 Å². The molecule has 1 aromatic carbocycles. The molecule has 0 aromatic heterocycles. The lowest BCUT2D eigenvalue weighted by atomic mass is 10.0. The van der Waals surface area contributed by atoms with Crippen molar-refractivity contribution in [2.24, 2.45) is 5.73 Å². The Morgan fingerprint density at radius 1 is 1.57 bits per heavy atom. The van der Waals surface area contributed by atoms with Crippen LogP contribution in [0.15, 0.2) is 12.1 Å². The molecule has 1 unspecified atom stereocenters. The summed E-state index contributed by atoms with van der Waals surface area (Å²) in [6.07, 6.45) is 1.44. The van der Waals surface area contributed by atoms with Crippen molar-refractivity contribution in [3.8, 4) is 5.75 Å². The fraction of sp³-hybridized carbons (Fsp3) is 0.400. The minimum Gasteiger partial charge on any atom is -0.506 e. The molecule has 0 spiro atoms. The van der Waals surface area contributed by atoms with Gasteiger partial charge < -0.3 is 10.8 Å². The standard InChI is InChI=1S/C10H13ClFNO/c1-2-3-8(13)9-7(12)5-4-6(11)10(9)14/h4-5,8,14H,2-3,13H2,1H3. The molecule has 0 amide bonds. The van der Waals surface area contributed by atoms with E-state index < -0.39 is 11.9 Å². The molecule has 0 saturated carbocycles. The first-order chi connectivity index (χ1) is 6.57. The lowest BCUT2D eigenvalue weighted by Gasteiger charge is -2.14. The van der Waals surface area contributed by atoms with Crippen molar-refractivity contribution >= 4 is 11.6 Å². The molecular weight excluding hydrogens is 205 g/mol. The molecule has 3 N–H and O–H groups in total. The molecule has 0 aliphatic carbocycles. The zero-order chi connectivity index (χ0) is 10.7. The Bertz CT molecular complexity index is 330. The van der Waals surface area contributed by atoms with E-state index in [4.69, 9.17) is 17.3 Å². The Kier molecular flexibility index (Phi) is 3.72. The van der Waals surface area contributed by atoms with E-state index in [9.17, 15) is 9.50 Å². The van der Waals surface area contributed by atoms with Crippen LogP contribution >= 0.6 is 11.6 Å². The topological polar surface area (TPSA) is 46.2 Å². The van der Waals surface area contributed by atoms with Gasteiger partial charge in [0.1, 0.15) is 11.6 Å². The van der Waals surface area contributed by atoms with Crippen molar-refractivity contribution in [1.82, 2.24) is 0 Å². The summed E-state index contributed by atoms with van der Waals surface area (Å²) in [5, 5.41) is 9.66. The van der Waals surface area contributed by atoms with Crippen molar-refractivity contribution in [3.05, 3.63) is 28.5 Å². The molecule has 0 bridgehead atoms. The Morgan fingerprint density at radius 3 is 2.79 bits per heavy atom. The summed E-state index contributed by atoms with van der Waals surface area (Å²) < 4.78 is 13.3. The van der Waals surface area contributed by atoms with Crippen molar-refractivity contribution in [2.45, 2.75) is 25.8 Å². The van der Waals surface area contributed by atoms with Crippen LogP contribution in [0.1, 0.15) is 31.4 Å². The largest absolute Gasteiger partial charge is 0.506 e. The van der Waals surface area contributed by atoms with Crippen LogP contribution in [0.3, 0.4) is 0 Å². The molecule has 0 fully saturated rings. The number of hydrogen-bond donors (Lipinski definition) is 2. The molecule has 4 heteroatoms. The number of hydrogen-bond acceptors (Lipinski definition) is 2. The van der Waals surface area contributed by atoms with Gasteiger partial charge in [0.25, 0.3) is 0 Å². The van der Waals surface area contributed by atoms with E-state index in [0.717, 1.165) is 6.42 Å². The highest BCUT2D eigenvalue weighted by atomic mass is 35.5. The first kappa shape index (κ1) is 11.3. The van der Waals surface area contributed by atoms with Crippen LogP contribution < -0.4 is 5.73 Å². The van der Waals surface area contributed by atoms with E-state index in [-0.39, 0.29) is 16.3 Å². The van der Waals surface area contributed by atoms with Crippen molar-refractivity contribution in [1.29, 1.82) is 0 Å². The van der Waals surface area contributed by atoms with Gasteiger partial charge in [-0.05, 0) is 18.6 Å². The number of phenolic OH excluding ortho intramolecular Hbond substituents is 1. The minimum atomic E-state index is -0.507. The summed E-state index contributed by atoms with van der Waals surface area (Å²) >= 11 is 5.66. The highest BCUT2D eigenvalue weighted by Crippen LogP contribution is 2.34. The second-order valence-electron chi connectivity index (χ2n) is 3.19. The highest BCUT2D eigenvalue weighted by molar-refractivity contribution is 6.32. The zero-order valence-electron chi connectivity index (χ0n) is 7.93. The van der Waals surface area contributed by atoms with E-state index in [1.165, 1.54) is 12.1 Å². The maximum absolute atomic E-state index is 13.3. The zero-order valence-corrected chi connectivity index (χ0v) is 8.68. The average Bonchev–Trinajstić information content (AvgIpc) is 2.13. The van der Waals surface area contributed by atoms with Crippen LogP contribution in [-0.4, -0.2) is 5.11 Å². The Morgan fingerprint density at radius 2 is 2.21 bits per heavy atom. The second kappa shape index (κ2) is 4.62. The highest BCUT2D eigenvalue weighted by Gasteiger charge is 2.17. The molecule has 0 saturated heterocycles. The Balaban J connectivity index is 3.11. The van der Waals surface area contributed by atoms with Crippen LogP contribution in [0.5, 0.6) is 5.75 Å². The fourth-order valence-electron chi connectivity index (χ4n) is 1.36. The molecule has 78 valence electrons. The molecule has 1 rings (SSSR count). The molecule has 1 aromatic rings. The van der Waals surface area contributed by atoms with Gasteiger partial charge in [-0.2, -0.15) is 0 Å². The third-order valence-electron chi connectivity index (χ3n) is 2.09. The van der Waals surface area contributed by atoms with Gasteiger partial charge in [0.2, 0.25) is 0 Å². The first-order valence-electron chi connectivity index (χ1n) is 4.50. The van der Waals surface area contributed by atoms with Gasteiger partial charge in [-0.25, -0.2) is 4.39 Å². The summed E-state index contributed by atoms with van der Waals surface area (Å²) in [7, 11) is 0. The van der Waals surface area contributed by atoms with Crippen molar-refractivity contribution in [2.75, 3.05) is 0 Å². The van der Waals surface area contributed by atoms with Crippen molar-refractivity contribution < 1.29 is 9.50 Å². The van der Waals surface area contributed by atoms with Crippen LogP contribution in [0.4, 0.5) is 4.39 Å². The van der Waals surface area contributed by atoms with E-state index in [1.54, 1.807) is 0 Å². The molecule has 1 atom stereocenters. The van der Waals surface area contributed by atoms with Crippen LogP contribution in [0.25, 0.3) is 0 Å². The second-order valence-corrected chi connectivity index (χ2v) is 3.59. The quantitative estimate of drug-likeness (QED) is 0.818. The van der Waals surface area contributed by atoms with Gasteiger partial charge in [-0.1, -0.05) is 24.9 Å². The molecular formula is C10H13ClFNO. The normalized spacial score (nSPS) is 12.9. The Labute approximate surface area is 87.5 Å². The van der Waals surface area contributed by atoms with Gasteiger partial charge >= 0.3 is 0 Å². The van der Waals surface area contributed by atoms with Gasteiger partial charge in [0.15, 0.2) is 0 Å². The number of aromatic hydroxyl groups is 1. The molecule has 14 heavy (non-hydrogen) atoms. The van der Waals surface area contributed by atoms with E-state index in [2.05, 4.69) is 0 Å². The van der Waals surface area contributed by atoms with E-state index in [0.29, 0.717) is 6.42 Å². The van der Waals surface area contributed by atoms with Gasteiger partial charge in [-0.3, -0.25) is 0 Å². The van der Waals surface area contributed by atoms with E-state index in [1.807, 2.05) is 6.92 Å². The van der Waals surface area contributed by atoms with Crippen LogP contribution in [-0.2, 0) is 0 Å². The van der Waals surface area contributed by atoms with Gasteiger partial charge in [0.05, 0.1) is 5.02 Å². The van der Waals surface area contributed by atoms with Crippen LogP contribution in [0.2, 0.25) is 5.02 Å². The predicted molar refractivity (Wildman–Crippen MR) is 54.9 cm³/mol. The summed E-state index contributed by atoms with van der Waals surface area (Å²) in [5.41, 5.74) is 5.83. The number of nitrogens with two attached hydrogens (primary N) is 1. The SMILES string of the molecule is CCCC(N)c1c(F)ccc(Cl)c1O. The molecule has 0 aliphatic rings. The summed E-state index contributed by atoms with van der Waals surface area (Å²) in [5.74, 6) is -0.750. The lowest BCUT2D eigenvalue weighted by molar-refractivity contribution is 0.444. The molecule has 0 radical (unpaired) electrons. The summed E-state index contributed by atoms with van der Waals surface area (Å²) in [6.45, 7) is 1.94. The van der Waals surface area contributed by atoms with Crippen LogP contribution in [0, 0.1) is 5.82 Å². The number of rotatable bonds is 3. The summed E-state index contributed by atoms with van der Waals surface area (Å²) in [6, 6.07) is 2.03. The van der Waals surface area contributed by atoms with Gasteiger partial charge in [-0.15, -0.1) is 0 Å². The first-order valence-corrected chi connectivity index (χ1v) is 4.88. The number of phenols is 1. The molecule has 2 nitrogen and oxygen atoms in total. The monoisotopic (exact) mass is 217 g/mol. The Hall–Kier alpha value is -0.800. The lowest BCUT2D eigenvalue weighted by Crippen LogP contribution is -2.12. The molecule has 0 aliphatic heterocycles. The molecule has 0 heterocycles. The fourth-order valence-corrected chi connectivity index (χ4v) is 1.53. The number of benzene rings is 1. The maximum atomic E-state index is 13.3. The maximum Gasteiger partial charge on any atom is 0.141 e. The number of halogens is 2.